The summed E-state index contributed by atoms with van der Waals surface area (Å²) < 4.78 is 31.4. The van der Waals surface area contributed by atoms with Crippen molar-refractivity contribution in [3.63, 3.8) is 0 Å². The third kappa shape index (κ3) is 5.72. The zero-order valence-electron chi connectivity index (χ0n) is 13.9. The summed E-state index contributed by atoms with van der Waals surface area (Å²) >= 11 is 0. The number of carbonyl (C=O) groups is 1. The third-order valence-corrected chi connectivity index (χ3v) is 3.93. The van der Waals surface area contributed by atoms with Crippen LogP contribution in [-0.4, -0.2) is 66.2 Å². The van der Waals surface area contributed by atoms with Gasteiger partial charge in [0.2, 0.25) is 5.91 Å². The maximum Gasteiger partial charge on any atom is 0.222 e. The number of piperazine rings is 1. The number of aliphatic hydroxyl groups is 1. The highest BCUT2D eigenvalue weighted by molar-refractivity contribution is 5.76. The number of β-amino-alcohol motifs (C(OH)–C–C–N with tert-alkyl or cyclic N) is 1. The topological polar surface area (TPSA) is 53.0 Å². The van der Waals surface area contributed by atoms with E-state index in [0.29, 0.717) is 32.5 Å². The van der Waals surface area contributed by atoms with Crippen LogP contribution in [0.2, 0.25) is 0 Å². The van der Waals surface area contributed by atoms with Gasteiger partial charge in [-0.15, -0.1) is 0 Å². The van der Waals surface area contributed by atoms with Gasteiger partial charge in [0.05, 0.1) is 12.7 Å². The predicted molar refractivity (Wildman–Crippen MR) is 85.8 cm³/mol. The number of aliphatic hydroxyl groups excluding tert-OH is 1. The molecule has 1 N–H and O–H groups in total. The lowest BCUT2D eigenvalue weighted by Crippen LogP contribution is -2.50. The van der Waals surface area contributed by atoms with Crippen molar-refractivity contribution < 1.29 is 23.4 Å². The Balaban J connectivity index is 1.65. The SMILES string of the molecule is C[C@H](O)CN1CCN(C(=O)CCCOc2ccc(F)cc2F)CC1. The number of rotatable bonds is 7. The summed E-state index contributed by atoms with van der Waals surface area (Å²) in [6.07, 6.45) is 0.444. The van der Waals surface area contributed by atoms with E-state index >= 15 is 0 Å². The van der Waals surface area contributed by atoms with Crippen LogP contribution in [0.15, 0.2) is 18.2 Å². The second kappa shape index (κ2) is 8.94. The second-order valence-corrected chi connectivity index (χ2v) is 6.06. The van der Waals surface area contributed by atoms with E-state index in [0.717, 1.165) is 25.2 Å². The molecule has 1 atom stereocenters. The fourth-order valence-corrected chi connectivity index (χ4v) is 2.71. The summed E-state index contributed by atoms with van der Waals surface area (Å²) in [7, 11) is 0. The number of amides is 1. The Labute approximate surface area is 140 Å². The molecule has 0 saturated carbocycles. The molecule has 1 aliphatic heterocycles. The van der Waals surface area contributed by atoms with E-state index < -0.39 is 11.6 Å². The molecule has 1 saturated heterocycles. The molecule has 1 aromatic rings. The van der Waals surface area contributed by atoms with Crippen molar-refractivity contribution in [1.82, 2.24) is 9.80 Å². The summed E-state index contributed by atoms with van der Waals surface area (Å²) in [5.41, 5.74) is 0. The lowest BCUT2D eigenvalue weighted by molar-refractivity contribution is -0.133. The van der Waals surface area contributed by atoms with Crippen LogP contribution in [0.25, 0.3) is 0 Å². The highest BCUT2D eigenvalue weighted by Gasteiger charge is 2.21. The van der Waals surface area contributed by atoms with Gasteiger partial charge in [0.25, 0.3) is 0 Å². The smallest absolute Gasteiger partial charge is 0.222 e. The van der Waals surface area contributed by atoms with E-state index in [4.69, 9.17) is 4.74 Å². The summed E-state index contributed by atoms with van der Waals surface area (Å²) in [5.74, 6) is -1.34. The number of benzene rings is 1. The average molecular weight is 342 g/mol. The zero-order valence-corrected chi connectivity index (χ0v) is 13.9. The lowest BCUT2D eigenvalue weighted by atomic mass is 10.2. The van der Waals surface area contributed by atoms with Crippen molar-refractivity contribution in [3.8, 4) is 5.75 Å². The Morgan fingerprint density at radius 1 is 1.29 bits per heavy atom. The molecule has 1 fully saturated rings. The highest BCUT2D eigenvalue weighted by Crippen LogP contribution is 2.18. The van der Waals surface area contributed by atoms with E-state index in [9.17, 15) is 18.7 Å². The lowest BCUT2D eigenvalue weighted by Gasteiger charge is -2.35. The Kier molecular flexibility index (Phi) is 6.93. The van der Waals surface area contributed by atoms with Gasteiger partial charge >= 0.3 is 0 Å². The summed E-state index contributed by atoms with van der Waals surface area (Å²) in [4.78, 5) is 16.1. The Hall–Kier alpha value is -1.73. The van der Waals surface area contributed by atoms with Crippen LogP contribution >= 0.6 is 0 Å². The van der Waals surface area contributed by atoms with Gasteiger partial charge in [-0.3, -0.25) is 9.69 Å². The molecule has 134 valence electrons. The molecule has 5 nitrogen and oxygen atoms in total. The van der Waals surface area contributed by atoms with Crippen molar-refractivity contribution in [3.05, 3.63) is 29.8 Å². The molecule has 2 rings (SSSR count). The van der Waals surface area contributed by atoms with E-state index in [1.165, 1.54) is 6.07 Å². The first-order valence-corrected chi connectivity index (χ1v) is 8.22. The first-order chi connectivity index (χ1) is 11.5. The molecule has 1 aliphatic rings. The monoisotopic (exact) mass is 342 g/mol. The number of ether oxygens (including phenoxy) is 1. The van der Waals surface area contributed by atoms with E-state index in [2.05, 4.69) is 4.90 Å². The van der Waals surface area contributed by atoms with Crippen molar-refractivity contribution in [2.45, 2.75) is 25.9 Å². The van der Waals surface area contributed by atoms with Crippen LogP contribution in [-0.2, 0) is 4.79 Å². The van der Waals surface area contributed by atoms with E-state index in [-0.39, 0.29) is 24.4 Å². The molecule has 24 heavy (non-hydrogen) atoms. The molecule has 0 aromatic heterocycles. The fourth-order valence-electron chi connectivity index (χ4n) is 2.71. The summed E-state index contributed by atoms with van der Waals surface area (Å²) in [6.45, 7) is 5.40. The normalized spacial score (nSPS) is 16.9. The number of hydrogen-bond donors (Lipinski definition) is 1. The van der Waals surface area contributed by atoms with Crippen molar-refractivity contribution in [2.75, 3.05) is 39.3 Å². The van der Waals surface area contributed by atoms with Crippen LogP contribution < -0.4 is 4.74 Å². The van der Waals surface area contributed by atoms with Crippen LogP contribution in [0.4, 0.5) is 8.78 Å². The standard InChI is InChI=1S/C17H24F2N2O3/c1-13(22)12-20-6-8-21(9-7-20)17(23)3-2-10-24-16-5-4-14(18)11-15(16)19/h4-5,11,13,22H,2-3,6-10,12H2,1H3/t13-/m0/s1. The van der Waals surface area contributed by atoms with Gasteiger partial charge in [-0.2, -0.15) is 0 Å². The number of hydrogen-bond acceptors (Lipinski definition) is 4. The van der Waals surface area contributed by atoms with Gasteiger partial charge in [0.1, 0.15) is 5.82 Å². The number of halogens is 2. The van der Waals surface area contributed by atoms with Gasteiger partial charge < -0.3 is 14.7 Å². The van der Waals surface area contributed by atoms with Crippen molar-refractivity contribution in [1.29, 1.82) is 0 Å². The maximum atomic E-state index is 13.4. The predicted octanol–water partition coefficient (Wildman–Crippen LogP) is 1.65. The Morgan fingerprint density at radius 3 is 2.62 bits per heavy atom. The van der Waals surface area contributed by atoms with Crippen LogP contribution in [0, 0.1) is 11.6 Å². The molecule has 7 heteroatoms. The van der Waals surface area contributed by atoms with E-state index in [1.807, 2.05) is 0 Å². The van der Waals surface area contributed by atoms with Crippen LogP contribution in [0.1, 0.15) is 19.8 Å². The van der Waals surface area contributed by atoms with E-state index in [1.54, 1.807) is 11.8 Å². The molecule has 0 bridgehead atoms. The van der Waals surface area contributed by atoms with Crippen LogP contribution in [0.3, 0.4) is 0 Å². The quantitative estimate of drug-likeness (QED) is 0.766. The highest BCUT2D eigenvalue weighted by atomic mass is 19.1. The molecule has 0 spiro atoms. The largest absolute Gasteiger partial charge is 0.491 e. The van der Waals surface area contributed by atoms with Gasteiger partial charge in [0.15, 0.2) is 11.6 Å². The first-order valence-electron chi connectivity index (χ1n) is 8.22. The fraction of sp³-hybridized carbons (Fsp3) is 0.588. The third-order valence-electron chi connectivity index (χ3n) is 3.93. The Bertz CT molecular complexity index is 547. The minimum atomic E-state index is -0.740. The van der Waals surface area contributed by atoms with Gasteiger partial charge in [-0.05, 0) is 25.5 Å². The van der Waals surface area contributed by atoms with Gasteiger partial charge in [-0.25, -0.2) is 8.78 Å². The van der Waals surface area contributed by atoms with Crippen molar-refractivity contribution >= 4 is 5.91 Å². The minimum absolute atomic E-state index is 0.00409. The molecule has 0 radical (unpaired) electrons. The number of carbonyl (C=O) groups excluding carboxylic acids is 1. The molecule has 1 aromatic carbocycles. The molecule has 0 aliphatic carbocycles. The van der Waals surface area contributed by atoms with Gasteiger partial charge in [-0.1, -0.05) is 0 Å². The van der Waals surface area contributed by atoms with Crippen molar-refractivity contribution in [2.24, 2.45) is 0 Å². The number of nitrogens with zero attached hydrogens (tertiary/aromatic N) is 2. The Morgan fingerprint density at radius 2 is 2.00 bits per heavy atom. The maximum absolute atomic E-state index is 13.4. The molecular formula is C17H24F2N2O3. The second-order valence-electron chi connectivity index (χ2n) is 6.06. The summed E-state index contributed by atoms with van der Waals surface area (Å²) in [5, 5.41) is 9.37. The first kappa shape index (κ1) is 18.6. The van der Waals surface area contributed by atoms with Crippen LogP contribution in [0.5, 0.6) is 5.75 Å². The van der Waals surface area contributed by atoms with Gasteiger partial charge in [0, 0.05) is 45.2 Å². The molecular weight excluding hydrogens is 318 g/mol. The molecule has 1 heterocycles. The molecule has 1 amide bonds. The molecule has 0 unspecified atom stereocenters. The summed E-state index contributed by atoms with van der Waals surface area (Å²) in [6, 6.07) is 3.15. The zero-order chi connectivity index (χ0) is 17.5. The average Bonchev–Trinajstić information content (AvgIpc) is 2.53. The minimum Gasteiger partial charge on any atom is -0.491 e.